The number of anilines is 1. The highest BCUT2D eigenvalue weighted by atomic mass is 31.0. The number of aromatic nitrogens is 4. The average molecular weight is 449 g/mol. The van der Waals surface area contributed by atoms with Crippen molar-refractivity contribution in [2.75, 3.05) is 5.32 Å². The van der Waals surface area contributed by atoms with Gasteiger partial charge in [-0.25, -0.2) is 9.97 Å². The van der Waals surface area contributed by atoms with Gasteiger partial charge in [0.05, 0.1) is 11.8 Å². The third-order valence-electron chi connectivity index (χ3n) is 5.46. The lowest BCUT2D eigenvalue weighted by atomic mass is 10.0. The van der Waals surface area contributed by atoms with Crippen LogP contribution in [0.2, 0.25) is 0 Å². The summed E-state index contributed by atoms with van der Waals surface area (Å²) in [5.41, 5.74) is 3.23. The van der Waals surface area contributed by atoms with Gasteiger partial charge < -0.3 is 5.32 Å². The lowest BCUT2D eigenvalue weighted by molar-refractivity contribution is 0.504. The molecule has 1 N–H and O–H groups in total. The number of fused-ring (bicyclic) bond motifs is 1. The average Bonchev–Trinajstić information content (AvgIpc) is 2.78. The van der Waals surface area contributed by atoms with E-state index in [0.717, 1.165) is 22.1 Å². The van der Waals surface area contributed by atoms with Crippen molar-refractivity contribution in [3.63, 3.8) is 0 Å². The molecular weight excluding hydrogens is 424 g/mol. The fraction of sp³-hybridized carbons (Fsp3) is 0.250. The van der Waals surface area contributed by atoms with E-state index in [2.05, 4.69) is 43.4 Å². The number of rotatable bonds is 6. The number of benzene rings is 1. The SMILES string of the molecule is CC(C)[C@H](P)n1c(=O)ccc2cnc(N[C@@H](C)c3ccc(-c4ccnc(F)c4)cc3)nc21. The first-order valence-corrected chi connectivity index (χ1v) is 11.1. The molecular formula is C24H25FN5OP. The van der Waals surface area contributed by atoms with Crippen molar-refractivity contribution >= 4 is 26.2 Å². The molecule has 4 aromatic rings. The van der Waals surface area contributed by atoms with E-state index in [0.29, 0.717) is 11.6 Å². The smallest absolute Gasteiger partial charge is 0.252 e. The molecule has 3 aromatic heterocycles. The van der Waals surface area contributed by atoms with Crippen LogP contribution in [-0.4, -0.2) is 19.5 Å². The van der Waals surface area contributed by atoms with Gasteiger partial charge in [-0.1, -0.05) is 38.1 Å². The molecule has 4 rings (SSSR count). The maximum atomic E-state index is 13.4. The van der Waals surface area contributed by atoms with Gasteiger partial charge in [0.1, 0.15) is 5.65 Å². The van der Waals surface area contributed by atoms with Crippen molar-refractivity contribution in [1.82, 2.24) is 19.5 Å². The van der Waals surface area contributed by atoms with Crippen molar-refractivity contribution in [2.45, 2.75) is 32.6 Å². The molecule has 0 spiro atoms. The van der Waals surface area contributed by atoms with Crippen LogP contribution in [0.3, 0.4) is 0 Å². The predicted octanol–water partition coefficient (Wildman–Crippen LogP) is 5.20. The third kappa shape index (κ3) is 4.53. The number of nitrogens with zero attached hydrogens (tertiary/aromatic N) is 4. The summed E-state index contributed by atoms with van der Waals surface area (Å²) in [6.07, 6.45) is 3.18. The van der Waals surface area contributed by atoms with Gasteiger partial charge in [-0.15, -0.1) is 9.24 Å². The molecule has 8 heteroatoms. The molecule has 0 bridgehead atoms. The van der Waals surface area contributed by atoms with Crippen LogP contribution >= 0.6 is 9.24 Å². The number of nitrogens with one attached hydrogen (secondary N) is 1. The van der Waals surface area contributed by atoms with Gasteiger partial charge in [0.25, 0.3) is 5.56 Å². The minimum atomic E-state index is -0.501. The first-order valence-electron chi connectivity index (χ1n) is 10.5. The van der Waals surface area contributed by atoms with Crippen LogP contribution in [0, 0.1) is 11.9 Å². The molecule has 3 atom stereocenters. The zero-order chi connectivity index (χ0) is 22.8. The number of hydrogen-bond donors (Lipinski definition) is 1. The van der Waals surface area contributed by atoms with Gasteiger partial charge in [-0.05, 0) is 41.7 Å². The summed E-state index contributed by atoms with van der Waals surface area (Å²) >= 11 is 0. The minimum Gasteiger partial charge on any atom is -0.348 e. The monoisotopic (exact) mass is 449 g/mol. The highest BCUT2D eigenvalue weighted by Crippen LogP contribution is 2.27. The van der Waals surface area contributed by atoms with Gasteiger partial charge >= 0.3 is 0 Å². The maximum absolute atomic E-state index is 13.4. The van der Waals surface area contributed by atoms with Crippen molar-refractivity contribution in [1.29, 1.82) is 0 Å². The van der Waals surface area contributed by atoms with E-state index in [4.69, 9.17) is 0 Å². The van der Waals surface area contributed by atoms with Crippen LogP contribution < -0.4 is 10.9 Å². The summed E-state index contributed by atoms with van der Waals surface area (Å²) < 4.78 is 15.1. The Hall–Kier alpha value is -3.18. The van der Waals surface area contributed by atoms with E-state index in [1.807, 2.05) is 31.2 Å². The van der Waals surface area contributed by atoms with Crippen LogP contribution in [0.5, 0.6) is 0 Å². The third-order valence-corrected chi connectivity index (χ3v) is 6.53. The van der Waals surface area contributed by atoms with Crippen LogP contribution in [0.15, 0.2) is 65.7 Å². The van der Waals surface area contributed by atoms with Gasteiger partial charge in [-0.2, -0.15) is 9.37 Å². The normalized spacial score (nSPS) is 13.3. The predicted molar refractivity (Wildman–Crippen MR) is 129 cm³/mol. The first-order chi connectivity index (χ1) is 15.3. The van der Waals surface area contributed by atoms with Crippen molar-refractivity contribution in [2.24, 2.45) is 5.92 Å². The minimum absolute atomic E-state index is 0.0723. The molecule has 0 radical (unpaired) electrons. The first kappa shape index (κ1) is 22.0. The zero-order valence-corrected chi connectivity index (χ0v) is 19.3. The van der Waals surface area contributed by atoms with Gasteiger partial charge in [0, 0.05) is 29.9 Å². The fourth-order valence-electron chi connectivity index (χ4n) is 3.52. The quantitative estimate of drug-likeness (QED) is 0.324. The number of pyridine rings is 2. The molecule has 0 fully saturated rings. The molecule has 1 unspecified atom stereocenters. The Morgan fingerprint density at radius 1 is 1.00 bits per heavy atom. The molecule has 0 aliphatic heterocycles. The van der Waals surface area contributed by atoms with Crippen molar-refractivity contribution in [3.8, 4) is 11.1 Å². The molecule has 0 amide bonds. The Morgan fingerprint density at radius 3 is 2.44 bits per heavy atom. The van der Waals surface area contributed by atoms with E-state index in [9.17, 15) is 9.18 Å². The molecule has 6 nitrogen and oxygen atoms in total. The summed E-state index contributed by atoms with van der Waals surface area (Å²) in [6.45, 7) is 6.14. The lowest BCUT2D eigenvalue weighted by Crippen LogP contribution is -2.25. The van der Waals surface area contributed by atoms with Crippen molar-refractivity contribution in [3.05, 3.63) is 82.8 Å². The number of halogens is 1. The highest BCUT2D eigenvalue weighted by molar-refractivity contribution is 7.16. The summed E-state index contributed by atoms with van der Waals surface area (Å²) in [5.74, 6) is 0.127. The second-order valence-corrected chi connectivity index (χ2v) is 8.79. The summed E-state index contributed by atoms with van der Waals surface area (Å²) in [7, 11) is 2.74. The summed E-state index contributed by atoms with van der Waals surface area (Å²) in [4.78, 5) is 25.2. The second kappa shape index (κ2) is 9.13. The number of hydrogen-bond acceptors (Lipinski definition) is 5. The second-order valence-electron chi connectivity index (χ2n) is 8.10. The Kier molecular flexibility index (Phi) is 6.28. The Morgan fingerprint density at radius 2 is 1.75 bits per heavy atom. The maximum Gasteiger partial charge on any atom is 0.252 e. The Bertz CT molecular complexity index is 1310. The molecule has 3 heterocycles. The van der Waals surface area contributed by atoms with E-state index in [1.54, 1.807) is 29.0 Å². The van der Waals surface area contributed by atoms with E-state index in [1.165, 1.54) is 12.3 Å². The van der Waals surface area contributed by atoms with Crippen LogP contribution in [0.4, 0.5) is 10.3 Å². The molecule has 0 saturated carbocycles. The van der Waals surface area contributed by atoms with Gasteiger partial charge in [0.2, 0.25) is 11.9 Å². The van der Waals surface area contributed by atoms with Crippen LogP contribution in [-0.2, 0) is 0 Å². The zero-order valence-electron chi connectivity index (χ0n) is 18.2. The highest BCUT2D eigenvalue weighted by Gasteiger charge is 2.16. The molecule has 0 aliphatic rings. The van der Waals surface area contributed by atoms with Crippen LogP contribution in [0.25, 0.3) is 22.2 Å². The largest absolute Gasteiger partial charge is 0.348 e. The molecule has 164 valence electrons. The topological polar surface area (TPSA) is 72.7 Å². The van der Waals surface area contributed by atoms with Gasteiger partial charge in [-0.3, -0.25) is 9.36 Å². The van der Waals surface area contributed by atoms with E-state index >= 15 is 0 Å². The Labute approximate surface area is 188 Å². The fourth-order valence-corrected chi connectivity index (χ4v) is 3.81. The molecule has 32 heavy (non-hydrogen) atoms. The summed E-state index contributed by atoms with van der Waals surface area (Å²) in [5, 5.41) is 4.13. The van der Waals surface area contributed by atoms with Crippen molar-refractivity contribution < 1.29 is 4.39 Å². The Balaban J connectivity index is 1.60. The van der Waals surface area contributed by atoms with E-state index in [-0.39, 0.29) is 23.3 Å². The van der Waals surface area contributed by atoms with Crippen LogP contribution in [0.1, 0.15) is 38.2 Å². The molecule has 1 aromatic carbocycles. The molecule has 0 aliphatic carbocycles. The summed E-state index contributed by atoms with van der Waals surface area (Å²) in [6, 6.07) is 14.3. The standard InChI is InChI=1S/C24H25FN5OP/c1-14(2)23(32)30-21(31)9-8-19-13-27-24(29-22(19)30)28-15(3)16-4-6-17(7-5-16)18-10-11-26-20(25)12-18/h4-15,23H,32H2,1-3H3,(H,27,28,29)/t15-,23-/m0/s1. The van der Waals surface area contributed by atoms with Gasteiger partial charge in [0.15, 0.2) is 0 Å². The lowest BCUT2D eigenvalue weighted by Gasteiger charge is -2.21. The van der Waals surface area contributed by atoms with E-state index < -0.39 is 5.95 Å². The molecule has 0 saturated heterocycles.